The minimum Gasteiger partial charge on any atom is -0.465 e. The molecule has 4 rings (SSSR count). The Morgan fingerprint density at radius 2 is 1.87 bits per heavy atom. The number of thiophene rings is 1. The van der Waals surface area contributed by atoms with Gasteiger partial charge >= 0.3 is 5.97 Å². The van der Waals surface area contributed by atoms with Gasteiger partial charge in [0.15, 0.2) is 0 Å². The number of methoxy groups -OCH3 is 1. The summed E-state index contributed by atoms with van der Waals surface area (Å²) in [5.74, 6) is -0.311. The first-order valence-electron chi connectivity index (χ1n) is 10.3. The molecule has 0 N–H and O–H groups in total. The molecule has 0 unspecified atom stereocenters. The summed E-state index contributed by atoms with van der Waals surface area (Å²) in [6.07, 6.45) is 1.97. The molecule has 1 amide bonds. The van der Waals surface area contributed by atoms with E-state index in [1.807, 2.05) is 69.9 Å². The number of anilines is 1. The molecule has 0 atom stereocenters. The summed E-state index contributed by atoms with van der Waals surface area (Å²) in [5, 5.41) is 0.856. The van der Waals surface area contributed by atoms with Crippen LogP contribution < -0.4 is 4.90 Å². The highest BCUT2D eigenvalue weighted by atomic mass is 32.1. The van der Waals surface area contributed by atoms with Gasteiger partial charge in [-0.15, -0.1) is 11.3 Å². The Kier molecular flexibility index (Phi) is 5.35. The van der Waals surface area contributed by atoms with Gasteiger partial charge in [0.25, 0.3) is 5.91 Å². The minimum absolute atomic E-state index is 0.0200. The van der Waals surface area contributed by atoms with Gasteiger partial charge in [0.1, 0.15) is 5.00 Å². The normalized spacial score (nSPS) is 14.5. The summed E-state index contributed by atoms with van der Waals surface area (Å²) >= 11 is 1.58. The van der Waals surface area contributed by atoms with Crippen LogP contribution in [0.2, 0.25) is 0 Å². The lowest BCUT2D eigenvalue weighted by molar-refractivity contribution is -0.112. The van der Waals surface area contributed by atoms with Gasteiger partial charge in [0.2, 0.25) is 0 Å². The second-order valence-corrected chi connectivity index (χ2v) is 8.94. The number of likely N-dealkylation sites (N-methyl/N-ethyl adjacent to an activating group) is 1. The number of hydrogen-bond donors (Lipinski definition) is 0. The highest BCUT2D eigenvalue weighted by Gasteiger charge is 2.31. The minimum atomic E-state index is -0.331. The lowest BCUT2D eigenvalue weighted by Gasteiger charge is -2.13. The summed E-state index contributed by atoms with van der Waals surface area (Å²) in [4.78, 5) is 28.5. The fraction of sp³-hybridized carbons (Fsp3) is 0.280. The van der Waals surface area contributed by atoms with Gasteiger partial charge in [0.05, 0.1) is 18.4 Å². The molecule has 31 heavy (non-hydrogen) atoms. The molecule has 0 saturated heterocycles. The van der Waals surface area contributed by atoms with Gasteiger partial charge in [-0.3, -0.25) is 4.79 Å². The number of rotatable bonds is 4. The summed E-state index contributed by atoms with van der Waals surface area (Å²) in [6.45, 7) is 10.6. The summed E-state index contributed by atoms with van der Waals surface area (Å²) in [6, 6.07) is 9.97. The molecule has 1 aromatic carbocycles. The third kappa shape index (κ3) is 3.22. The summed E-state index contributed by atoms with van der Waals surface area (Å²) in [7, 11) is 1.41. The van der Waals surface area contributed by atoms with Crippen molar-refractivity contribution in [3.8, 4) is 5.00 Å². The smallest absolute Gasteiger partial charge is 0.341 e. The Bertz CT molecular complexity index is 1250. The number of para-hydroxylation sites is 1. The molecule has 3 aromatic rings. The molecule has 1 aliphatic rings. The average Bonchev–Trinajstić information content (AvgIpc) is 3.31. The predicted octanol–water partition coefficient (Wildman–Crippen LogP) is 5.47. The van der Waals surface area contributed by atoms with E-state index in [9.17, 15) is 9.59 Å². The van der Waals surface area contributed by atoms with Gasteiger partial charge in [-0.2, -0.15) is 0 Å². The van der Waals surface area contributed by atoms with Crippen molar-refractivity contribution in [3.05, 3.63) is 68.9 Å². The number of carbonyl (C=O) groups is 2. The van der Waals surface area contributed by atoms with Crippen LogP contribution in [-0.4, -0.2) is 30.1 Å². The van der Waals surface area contributed by atoms with Gasteiger partial charge in [-0.05, 0) is 64.0 Å². The van der Waals surface area contributed by atoms with Crippen molar-refractivity contribution in [2.75, 3.05) is 18.6 Å². The van der Waals surface area contributed by atoms with Crippen molar-refractivity contribution in [1.29, 1.82) is 0 Å². The number of aromatic nitrogens is 1. The van der Waals surface area contributed by atoms with Gasteiger partial charge in [-0.25, -0.2) is 4.79 Å². The molecular weight excluding hydrogens is 408 g/mol. The number of esters is 1. The predicted molar refractivity (Wildman–Crippen MR) is 126 cm³/mol. The second kappa shape index (κ2) is 7.85. The van der Waals surface area contributed by atoms with E-state index in [2.05, 4.69) is 10.6 Å². The SMILES string of the molecule is CCN1C(=O)/C(=C/c2cc(C)n(-c3sc(C)c(C)c3C(=O)OC)c2C)c2ccccc21. The highest BCUT2D eigenvalue weighted by molar-refractivity contribution is 7.15. The number of carbonyl (C=O) groups excluding carboxylic acids is 2. The number of aryl methyl sites for hydroxylation is 2. The van der Waals surface area contributed by atoms with E-state index in [1.54, 1.807) is 11.3 Å². The quantitative estimate of drug-likeness (QED) is 0.404. The first kappa shape index (κ1) is 21.1. The molecule has 5 nitrogen and oxygen atoms in total. The fourth-order valence-corrected chi connectivity index (χ4v) is 5.53. The van der Waals surface area contributed by atoms with Crippen molar-refractivity contribution in [3.63, 3.8) is 0 Å². The first-order valence-corrected chi connectivity index (χ1v) is 11.1. The lowest BCUT2D eigenvalue weighted by atomic mass is 10.0. The van der Waals surface area contributed by atoms with Crippen LogP contribution in [0.3, 0.4) is 0 Å². The number of hydrogen-bond acceptors (Lipinski definition) is 4. The fourth-order valence-electron chi connectivity index (χ4n) is 4.27. The molecule has 1 aliphatic heterocycles. The Morgan fingerprint density at radius 3 is 2.55 bits per heavy atom. The van der Waals surface area contributed by atoms with E-state index in [0.29, 0.717) is 17.7 Å². The number of nitrogens with zero attached hydrogens (tertiary/aromatic N) is 2. The molecular formula is C25H26N2O3S. The molecule has 3 heterocycles. The van der Waals surface area contributed by atoms with Crippen LogP contribution in [0.5, 0.6) is 0 Å². The number of benzene rings is 1. The maximum absolute atomic E-state index is 13.1. The van der Waals surface area contributed by atoms with Crippen molar-refractivity contribution in [1.82, 2.24) is 4.57 Å². The van der Waals surface area contributed by atoms with Gasteiger partial charge < -0.3 is 14.2 Å². The van der Waals surface area contributed by atoms with E-state index >= 15 is 0 Å². The summed E-state index contributed by atoms with van der Waals surface area (Å²) in [5.41, 5.74) is 7.10. The Labute approximate surface area is 186 Å². The second-order valence-electron chi connectivity index (χ2n) is 7.74. The van der Waals surface area contributed by atoms with Crippen LogP contribution in [-0.2, 0) is 9.53 Å². The average molecular weight is 435 g/mol. The van der Waals surface area contributed by atoms with E-state index in [4.69, 9.17) is 4.74 Å². The van der Waals surface area contributed by atoms with Crippen molar-refractivity contribution < 1.29 is 14.3 Å². The number of amides is 1. The third-order valence-corrected chi connectivity index (χ3v) is 7.20. The van der Waals surface area contributed by atoms with E-state index in [-0.39, 0.29) is 11.9 Å². The number of fused-ring (bicyclic) bond motifs is 1. The maximum atomic E-state index is 13.1. The Morgan fingerprint density at radius 1 is 1.16 bits per heavy atom. The largest absolute Gasteiger partial charge is 0.465 e. The van der Waals surface area contributed by atoms with Crippen LogP contribution in [0.4, 0.5) is 5.69 Å². The Hall–Kier alpha value is -3.12. The Balaban J connectivity index is 1.88. The van der Waals surface area contributed by atoms with Crippen LogP contribution in [0.1, 0.15) is 50.2 Å². The topological polar surface area (TPSA) is 51.5 Å². The molecule has 0 saturated carbocycles. The van der Waals surface area contributed by atoms with Crippen LogP contribution in [0.15, 0.2) is 30.3 Å². The zero-order valence-electron chi connectivity index (χ0n) is 18.7. The molecule has 0 bridgehead atoms. The molecule has 0 spiro atoms. The van der Waals surface area contributed by atoms with Gasteiger partial charge in [-0.1, -0.05) is 18.2 Å². The highest BCUT2D eigenvalue weighted by Crippen LogP contribution is 2.39. The third-order valence-electron chi connectivity index (χ3n) is 6.01. The molecule has 6 heteroatoms. The van der Waals surface area contributed by atoms with E-state index in [0.717, 1.165) is 43.6 Å². The van der Waals surface area contributed by atoms with Crippen LogP contribution >= 0.6 is 11.3 Å². The zero-order valence-corrected chi connectivity index (χ0v) is 19.5. The molecule has 0 fully saturated rings. The van der Waals surface area contributed by atoms with Crippen molar-refractivity contribution in [2.24, 2.45) is 0 Å². The monoisotopic (exact) mass is 434 g/mol. The van der Waals surface area contributed by atoms with E-state index < -0.39 is 0 Å². The molecule has 0 radical (unpaired) electrons. The maximum Gasteiger partial charge on any atom is 0.341 e. The number of ether oxygens (including phenoxy) is 1. The molecule has 0 aliphatic carbocycles. The van der Waals surface area contributed by atoms with Crippen LogP contribution in [0, 0.1) is 27.7 Å². The first-order chi connectivity index (χ1) is 14.8. The lowest BCUT2D eigenvalue weighted by Crippen LogP contribution is -2.25. The van der Waals surface area contributed by atoms with Gasteiger partial charge in [0, 0.05) is 33.9 Å². The molecule has 2 aromatic heterocycles. The zero-order chi connectivity index (χ0) is 22.4. The van der Waals surface area contributed by atoms with Crippen molar-refractivity contribution in [2.45, 2.75) is 34.6 Å². The standard InChI is InChI=1S/C25H26N2O3S/c1-7-26-21-11-9-8-10-19(21)20(23(26)28)13-18-12-14(2)27(16(18)4)24-22(25(29)30-6)15(3)17(5)31-24/h8-13H,7H2,1-6H3/b20-13+. The van der Waals surface area contributed by atoms with E-state index in [1.165, 1.54) is 7.11 Å². The summed E-state index contributed by atoms with van der Waals surface area (Å²) < 4.78 is 7.15. The molecule has 160 valence electrons. The van der Waals surface area contributed by atoms with Crippen molar-refractivity contribution >= 4 is 40.5 Å². The van der Waals surface area contributed by atoms with Crippen LogP contribution in [0.25, 0.3) is 16.7 Å².